The Morgan fingerprint density at radius 2 is 2.50 bits per heavy atom. The number of aromatic amines is 1. The predicted molar refractivity (Wildman–Crippen MR) is 66.4 cm³/mol. The summed E-state index contributed by atoms with van der Waals surface area (Å²) in [5, 5.41) is 16.0. The van der Waals surface area contributed by atoms with Gasteiger partial charge >= 0.3 is 0 Å². The van der Waals surface area contributed by atoms with Crippen LogP contribution in [0.4, 0.5) is 0 Å². The summed E-state index contributed by atoms with van der Waals surface area (Å²) in [6, 6.07) is 3.77. The smallest absolute Gasteiger partial charge is 0.263 e. The molecule has 1 aliphatic rings. The molecule has 18 heavy (non-hydrogen) atoms. The predicted octanol–water partition coefficient (Wildman–Crippen LogP) is 1.28. The van der Waals surface area contributed by atoms with E-state index in [0.717, 1.165) is 24.3 Å². The van der Waals surface area contributed by atoms with Gasteiger partial charge in [-0.3, -0.25) is 4.79 Å². The Balaban J connectivity index is 1.73. The first kappa shape index (κ1) is 11.3. The third-order valence-electron chi connectivity index (χ3n) is 3.17. The van der Waals surface area contributed by atoms with Gasteiger partial charge in [-0.2, -0.15) is 5.21 Å². The van der Waals surface area contributed by atoms with Crippen molar-refractivity contribution < 1.29 is 4.79 Å². The highest BCUT2D eigenvalue weighted by Gasteiger charge is 2.28. The van der Waals surface area contributed by atoms with Crippen LogP contribution in [0, 0.1) is 0 Å². The maximum absolute atomic E-state index is 12.2. The number of carbonyl (C=O) groups excluding carboxylic acids is 1. The van der Waals surface area contributed by atoms with Gasteiger partial charge in [0.15, 0.2) is 5.82 Å². The molecule has 0 bridgehead atoms. The Morgan fingerprint density at radius 3 is 3.22 bits per heavy atom. The average molecular weight is 263 g/mol. The summed E-state index contributed by atoms with van der Waals surface area (Å²) in [4.78, 5) is 14.9. The van der Waals surface area contributed by atoms with Crippen LogP contribution in [0.15, 0.2) is 17.5 Å². The number of likely N-dealkylation sites (tertiary alicyclic amines) is 1. The second-order valence-corrected chi connectivity index (χ2v) is 5.29. The average Bonchev–Trinajstić information content (AvgIpc) is 3.11. The van der Waals surface area contributed by atoms with E-state index >= 15 is 0 Å². The van der Waals surface area contributed by atoms with Gasteiger partial charge in [0, 0.05) is 19.0 Å². The molecule has 1 N–H and O–H groups in total. The van der Waals surface area contributed by atoms with Crippen molar-refractivity contribution in [3.8, 4) is 0 Å². The van der Waals surface area contributed by atoms with E-state index < -0.39 is 0 Å². The number of hydrogen-bond acceptors (Lipinski definition) is 5. The van der Waals surface area contributed by atoms with E-state index in [1.165, 1.54) is 11.3 Å². The highest BCUT2D eigenvalue weighted by Crippen LogP contribution is 2.25. The topological polar surface area (TPSA) is 74.8 Å². The molecular weight excluding hydrogens is 250 g/mol. The zero-order valence-electron chi connectivity index (χ0n) is 9.74. The van der Waals surface area contributed by atoms with Gasteiger partial charge in [0.1, 0.15) is 0 Å². The van der Waals surface area contributed by atoms with E-state index in [4.69, 9.17) is 0 Å². The molecule has 1 aliphatic heterocycles. The molecule has 2 aromatic heterocycles. The van der Waals surface area contributed by atoms with Crippen molar-refractivity contribution >= 4 is 17.2 Å². The number of nitrogens with zero attached hydrogens (tertiary/aromatic N) is 4. The fourth-order valence-corrected chi connectivity index (χ4v) is 2.96. The maximum Gasteiger partial charge on any atom is 0.263 e. The summed E-state index contributed by atoms with van der Waals surface area (Å²) in [7, 11) is 0. The number of hydrogen-bond donors (Lipinski definition) is 1. The minimum atomic E-state index is 0.109. The molecule has 94 valence electrons. The number of piperidine rings is 1. The summed E-state index contributed by atoms with van der Waals surface area (Å²) < 4.78 is 0. The number of nitrogens with one attached hydrogen (secondary N) is 1. The van der Waals surface area contributed by atoms with Crippen LogP contribution in [-0.2, 0) is 0 Å². The molecule has 0 aromatic carbocycles. The van der Waals surface area contributed by atoms with E-state index in [1.54, 1.807) is 0 Å². The second kappa shape index (κ2) is 4.85. The van der Waals surface area contributed by atoms with E-state index in [2.05, 4.69) is 20.6 Å². The molecular formula is C11H13N5OS. The van der Waals surface area contributed by atoms with Crippen molar-refractivity contribution in [2.45, 2.75) is 18.8 Å². The van der Waals surface area contributed by atoms with E-state index in [-0.39, 0.29) is 11.8 Å². The largest absolute Gasteiger partial charge is 0.337 e. The standard InChI is InChI=1S/C11H13N5OS/c17-11(9-4-2-6-18-9)16-5-1-3-8(7-16)10-12-14-15-13-10/h2,4,6,8H,1,3,5,7H2,(H,12,13,14,15). The quantitative estimate of drug-likeness (QED) is 0.885. The minimum Gasteiger partial charge on any atom is -0.337 e. The molecule has 1 amide bonds. The third-order valence-corrected chi connectivity index (χ3v) is 4.03. The van der Waals surface area contributed by atoms with Crippen LogP contribution in [0.1, 0.15) is 34.3 Å². The molecule has 0 saturated carbocycles. The number of aromatic nitrogens is 4. The van der Waals surface area contributed by atoms with Crippen LogP contribution >= 0.6 is 11.3 Å². The Morgan fingerprint density at radius 1 is 1.56 bits per heavy atom. The molecule has 1 unspecified atom stereocenters. The van der Waals surface area contributed by atoms with Crippen LogP contribution < -0.4 is 0 Å². The molecule has 3 rings (SSSR count). The highest BCUT2D eigenvalue weighted by atomic mass is 32.1. The number of rotatable bonds is 2. The fourth-order valence-electron chi connectivity index (χ4n) is 2.27. The number of H-pyrrole nitrogens is 1. The maximum atomic E-state index is 12.2. The minimum absolute atomic E-state index is 0.109. The molecule has 1 fully saturated rings. The molecule has 1 atom stereocenters. The van der Waals surface area contributed by atoms with Gasteiger partial charge in [0.25, 0.3) is 5.91 Å². The third kappa shape index (κ3) is 2.13. The summed E-state index contributed by atoms with van der Waals surface area (Å²) in [5.74, 6) is 1.01. The Labute approximate surface area is 108 Å². The monoisotopic (exact) mass is 263 g/mol. The van der Waals surface area contributed by atoms with Crippen molar-refractivity contribution in [3.63, 3.8) is 0 Å². The van der Waals surface area contributed by atoms with Crippen molar-refractivity contribution in [3.05, 3.63) is 28.2 Å². The Hall–Kier alpha value is -1.76. The van der Waals surface area contributed by atoms with E-state index in [9.17, 15) is 4.79 Å². The van der Waals surface area contributed by atoms with Crippen LogP contribution in [0.2, 0.25) is 0 Å². The van der Waals surface area contributed by atoms with Crippen molar-refractivity contribution in [1.82, 2.24) is 25.5 Å². The highest BCUT2D eigenvalue weighted by molar-refractivity contribution is 7.12. The summed E-state index contributed by atoms with van der Waals surface area (Å²) in [5.41, 5.74) is 0. The summed E-state index contributed by atoms with van der Waals surface area (Å²) in [6.45, 7) is 1.49. The lowest BCUT2D eigenvalue weighted by Crippen LogP contribution is -2.39. The van der Waals surface area contributed by atoms with Crippen molar-refractivity contribution in [2.24, 2.45) is 0 Å². The number of tetrazole rings is 1. The second-order valence-electron chi connectivity index (χ2n) is 4.34. The van der Waals surface area contributed by atoms with E-state index in [0.29, 0.717) is 12.4 Å². The fraction of sp³-hybridized carbons (Fsp3) is 0.455. The van der Waals surface area contributed by atoms with Gasteiger partial charge in [-0.15, -0.1) is 21.5 Å². The van der Waals surface area contributed by atoms with Gasteiger partial charge in [-0.25, -0.2) is 0 Å². The lowest BCUT2D eigenvalue weighted by molar-refractivity contribution is 0.0709. The summed E-state index contributed by atoms with van der Waals surface area (Å²) in [6.07, 6.45) is 1.99. The first-order chi connectivity index (χ1) is 8.84. The first-order valence-corrected chi connectivity index (χ1v) is 6.78. The number of carbonyl (C=O) groups is 1. The molecule has 2 aromatic rings. The van der Waals surface area contributed by atoms with Gasteiger partial charge in [0.2, 0.25) is 0 Å². The van der Waals surface area contributed by atoms with E-state index in [1.807, 2.05) is 22.4 Å². The number of thiophene rings is 1. The zero-order chi connectivity index (χ0) is 12.4. The Kier molecular flexibility index (Phi) is 3.06. The van der Waals surface area contributed by atoms with Gasteiger partial charge in [0.05, 0.1) is 4.88 Å². The normalized spacial score (nSPS) is 20.0. The van der Waals surface area contributed by atoms with Gasteiger partial charge in [-0.1, -0.05) is 11.3 Å². The van der Waals surface area contributed by atoms with Crippen molar-refractivity contribution in [2.75, 3.05) is 13.1 Å². The zero-order valence-corrected chi connectivity index (χ0v) is 10.6. The molecule has 0 radical (unpaired) electrons. The molecule has 0 spiro atoms. The number of amides is 1. The Bertz CT molecular complexity index is 510. The molecule has 3 heterocycles. The van der Waals surface area contributed by atoms with Gasteiger partial charge < -0.3 is 4.90 Å². The molecule has 0 aliphatic carbocycles. The van der Waals surface area contributed by atoms with Crippen LogP contribution in [0.5, 0.6) is 0 Å². The van der Waals surface area contributed by atoms with Crippen LogP contribution in [0.25, 0.3) is 0 Å². The molecule has 6 nitrogen and oxygen atoms in total. The molecule has 7 heteroatoms. The lowest BCUT2D eigenvalue weighted by Gasteiger charge is -2.30. The lowest BCUT2D eigenvalue weighted by atomic mass is 9.97. The van der Waals surface area contributed by atoms with Crippen LogP contribution in [-0.4, -0.2) is 44.5 Å². The first-order valence-electron chi connectivity index (χ1n) is 5.90. The van der Waals surface area contributed by atoms with Crippen LogP contribution in [0.3, 0.4) is 0 Å². The molecule has 1 saturated heterocycles. The SMILES string of the molecule is O=C(c1cccs1)N1CCCC(c2nn[nH]n2)C1. The van der Waals surface area contributed by atoms with Crippen molar-refractivity contribution in [1.29, 1.82) is 0 Å². The van der Waals surface area contributed by atoms with Gasteiger partial charge in [-0.05, 0) is 24.3 Å². The summed E-state index contributed by atoms with van der Waals surface area (Å²) >= 11 is 1.48.